The molecule has 0 saturated heterocycles. The molecule has 0 rings (SSSR count). The first kappa shape index (κ1) is 15.3. The van der Waals surface area contributed by atoms with Crippen LogP contribution in [0.4, 0.5) is 0 Å². The molecule has 0 aromatic heterocycles. The number of hydrogen-bond acceptors (Lipinski definition) is 1. The Bertz CT molecular complexity index is 151. The van der Waals surface area contributed by atoms with Gasteiger partial charge in [-0.15, -0.1) is 0 Å². The SMILES string of the molecule is CC(CC(C)(C)C)SC(C)CC(C)(C)C. The molecule has 0 saturated carbocycles. The van der Waals surface area contributed by atoms with Crippen LogP contribution in [0.2, 0.25) is 0 Å². The van der Waals surface area contributed by atoms with Gasteiger partial charge in [0.15, 0.2) is 0 Å². The van der Waals surface area contributed by atoms with Crippen LogP contribution in [0, 0.1) is 10.8 Å². The maximum atomic E-state index is 2.37. The van der Waals surface area contributed by atoms with E-state index in [2.05, 4.69) is 67.2 Å². The van der Waals surface area contributed by atoms with Gasteiger partial charge in [0, 0.05) is 10.5 Å². The van der Waals surface area contributed by atoms with E-state index in [9.17, 15) is 0 Å². The van der Waals surface area contributed by atoms with Crippen molar-refractivity contribution in [3.8, 4) is 0 Å². The van der Waals surface area contributed by atoms with E-state index in [1.807, 2.05) is 0 Å². The fourth-order valence-electron chi connectivity index (χ4n) is 2.22. The molecule has 0 aromatic rings. The van der Waals surface area contributed by atoms with E-state index in [0.29, 0.717) is 10.8 Å². The van der Waals surface area contributed by atoms with Crippen molar-refractivity contribution in [3.05, 3.63) is 0 Å². The molecule has 0 N–H and O–H groups in total. The smallest absolute Gasteiger partial charge is 0.00263 e. The summed E-state index contributed by atoms with van der Waals surface area (Å²) in [6, 6.07) is 0. The van der Waals surface area contributed by atoms with E-state index >= 15 is 0 Å². The second kappa shape index (κ2) is 5.61. The van der Waals surface area contributed by atoms with Crippen molar-refractivity contribution in [2.45, 2.75) is 78.7 Å². The summed E-state index contributed by atoms with van der Waals surface area (Å²) >= 11 is 2.15. The van der Waals surface area contributed by atoms with Crippen LogP contribution in [0.1, 0.15) is 68.2 Å². The second-order valence-electron chi connectivity index (χ2n) is 7.29. The fraction of sp³-hybridized carbons (Fsp3) is 1.00. The summed E-state index contributed by atoms with van der Waals surface area (Å²) in [5, 5.41) is 1.56. The molecule has 92 valence electrons. The van der Waals surface area contributed by atoms with Gasteiger partial charge in [0.2, 0.25) is 0 Å². The first-order chi connectivity index (χ1) is 6.49. The molecule has 0 spiro atoms. The minimum absolute atomic E-state index is 0.466. The topological polar surface area (TPSA) is 0 Å². The van der Waals surface area contributed by atoms with Gasteiger partial charge in [0.05, 0.1) is 0 Å². The van der Waals surface area contributed by atoms with Crippen LogP contribution < -0.4 is 0 Å². The molecule has 0 aliphatic carbocycles. The van der Waals surface area contributed by atoms with Crippen molar-refractivity contribution in [1.82, 2.24) is 0 Å². The molecule has 0 radical (unpaired) electrons. The summed E-state index contributed by atoms with van der Waals surface area (Å²) in [5.74, 6) is 0. The third-order valence-corrected chi connectivity index (χ3v) is 3.53. The molecule has 0 aromatic carbocycles. The first-order valence-corrected chi connectivity index (χ1v) is 7.09. The van der Waals surface area contributed by atoms with Crippen LogP contribution in [-0.2, 0) is 0 Å². The quantitative estimate of drug-likeness (QED) is 0.626. The summed E-state index contributed by atoms with van der Waals surface area (Å²) in [4.78, 5) is 0. The number of thioether (sulfide) groups is 1. The van der Waals surface area contributed by atoms with Crippen LogP contribution in [0.15, 0.2) is 0 Å². The zero-order valence-corrected chi connectivity index (χ0v) is 12.8. The van der Waals surface area contributed by atoms with Crippen molar-refractivity contribution >= 4 is 11.8 Å². The summed E-state index contributed by atoms with van der Waals surface area (Å²) in [7, 11) is 0. The van der Waals surface area contributed by atoms with E-state index < -0.39 is 0 Å². The van der Waals surface area contributed by atoms with Crippen LogP contribution in [0.5, 0.6) is 0 Å². The fourth-order valence-corrected chi connectivity index (χ4v) is 4.20. The van der Waals surface area contributed by atoms with Crippen molar-refractivity contribution in [1.29, 1.82) is 0 Å². The molecule has 15 heavy (non-hydrogen) atoms. The largest absolute Gasteiger partial charge is 0.156 e. The maximum Gasteiger partial charge on any atom is 0.00263 e. The second-order valence-corrected chi connectivity index (χ2v) is 9.17. The Hall–Kier alpha value is 0.350. The zero-order chi connectivity index (χ0) is 12.3. The van der Waals surface area contributed by atoms with E-state index in [1.165, 1.54) is 12.8 Å². The predicted molar refractivity (Wildman–Crippen MR) is 74.7 cm³/mol. The van der Waals surface area contributed by atoms with Crippen LogP contribution in [0.3, 0.4) is 0 Å². The maximum absolute atomic E-state index is 2.37. The van der Waals surface area contributed by atoms with Gasteiger partial charge in [0.1, 0.15) is 0 Å². The van der Waals surface area contributed by atoms with Crippen molar-refractivity contribution in [2.24, 2.45) is 10.8 Å². The summed E-state index contributed by atoms with van der Waals surface area (Å²) in [6.45, 7) is 18.7. The lowest BCUT2D eigenvalue weighted by Crippen LogP contribution is -2.18. The van der Waals surface area contributed by atoms with E-state index in [0.717, 1.165) is 10.5 Å². The summed E-state index contributed by atoms with van der Waals surface area (Å²) < 4.78 is 0. The van der Waals surface area contributed by atoms with Crippen LogP contribution in [0.25, 0.3) is 0 Å². The molecule has 0 aliphatic rings. The van der Waals surface area contributed by atoms with E-state index in [1.54, 1.807) is 0 Å². The Morgan fingerprint density at radius 3 is 1.20 bits per heavy atom. The van der Waals surface area contributed by atoms with E-state index in [4.69, 9.17) is 0 Å². The normalized spacial score (nSPS) is 17.6. The lowest BCUT2D eigenvalue weighted by molar-refractivity contribution is 0.370. The molecular formula is C14H30S. The van der Waals surface area contributed by atoms with Crippen molar-refractivity contribution in [2.75, 3.05) is 0 Å². The van der Waals surface area contributed by atoms with Crippen LogP contribution in [-0.4, -0.2) is 10.5 Å². The highest BCUT2D eigenvalue weighted by Gasteiger charge is 2.20. The van der Waals surface area contributed by atoms with Crippen molar-refractivity contribution < 1.29 is 0 Å². The molecule has 0 nitrogen and oxygen atoms in total. The molecule has 0 bridgehead atoms. The number of rotatable bonds is 4. The minimum Gasteiger partial charge on any atom is -0.156 e. The standard InChI is InChI=1S/C14H30S/c1-11(9-13(3,4)5)15-12(2)10-14(6,7)8/h11-12H,9-10H2,1-8H3. The molecule has 0 fully saturated rings. The van der Waals surface area contributed by atoms with Gasteiger partial charge in [-0.1, -0.05) is 55.4 Å². The number of hydrogen-bond donors (Lipinski definition) is 0. The lowest BCUT2D eigenvalue weighted by Gasteiger charge is -2.28. The van der Waals surface area contributed by atoms with E-state index in [-0.39, 0.29) is 0 Å². The van der Waals surface area contributed by atoms with Gasteiger partial charge in [0.25, 0.3) is 0 Å². The summed E-state index contributed by atoms with van der Waals surface area (Å²) in [5.41, 5.74) is 0.932. The Kier molecular flexibility index (Phi) is 5.74. The van der Waals surface area contributed by atoms with Gasteiger partial charge in [-0.05, 0) is 23.7 Å². The average molecular weight is 230 g/mol. The molecule has 0 heterocycles. The lowest BCUT2D eigenvalue weighted by atomic mass is 9.90. The third kappa shape index (κ3) is 10.6. The Balaban J connectivity index is 3.92. The van der Waals surface area contributed by atoms with Gasteiger partial charge < -0.3 is 0 Å². The highest BCUT2D eigenvalue weighted by molar-refractivity contribution is 8.00. The minimum atomic E-state index is 0.466. The Labute approximate surface area is 102 Å². The van der Waals surface area contributed by atoms with Gasteiger partial charge >= 0.3 is 0 Å². The zero-order valence-electron chi connectivity index (χ0n) is 12.0. The molecule has 0 amide bonds. The Morgan fingerprint density at radius 1 is 0.733 bits per heavy atom. The van der Waals surface area contributed by atoms with Crippen LogP contribution >= 0.6 is 11.8 Å². The molecular weight excluding hydrogens is 200 g/mol. The van der Waals surface area contributed by atoms with Gasteiger partial charge in [-0.25, -0.2) is 0 Å². The molecule has 2 unspecified atom stereocenters. The highest BCUT2D eigenvalue weighted by atomic mass is 32.2. The Morgan fingerprint density at radius 2 is 1.00 bits per heavy atom. The molecule has 0 aliphatic heterocycles. The van der Waals surface area contributed by atoms with Crippen molar-refractivity contribution in [3.63, 3.8) is 0 Å². The monoisotopic (exact) mass is 230 g/mol. The molecule has 2 atom stereocenters. The highest BCUT2D eigenvalue weighted by Crippen LogP contribution is 2.34. The molecule has 1 heteroatoms. The van der Waals surface area contributed by atoms with Gasteiger partial charge in [-0.3, -0.25) is 0 Å². The van der Waals surface area contributed by atoms with Gasteiger partial charge in [-0.2, -0.15) is 11.8 Å². The average Bonchev–Trinajstić information content (AvgIpc) is 1.73. The first-order valence-electron chi connectivity index (χ1n) is 6.15. The third-order valence-electron chi connectivity index (χ3n) is 2.26. The predicted octanol–water partition coefficient (Wildman–Crippen LogP) is 5.37. The summed E-state index contributed by atoms with van der Waals surface area (Å²) in [6.07, 6.45) is 2.62.